The van der Waals surface area contributed by atoms with Crippen LogP contribution >= 0.6 is 0 Å². The third-order valence-corrected chi connectivity index (χ3v) is 9.16. The molecule has 0 aromatic heterocycles. The van der Waals surface area contributed by atoms with Crippen LogP contribution in [0.25, 0.3) is 0 Å². The molecule has 4 heterocycles. The van der Waals surface area contributed by atoms with Gasteiger partial charge in [0.2, 0.25) is 11.8 Å². The maximum Gasteiger partial charge on any atom is 0.335 e. The fraction of sp³-hybridized carbons (Fsp3) is 0.862. The molecule has 0 saturated carbocycles. The zero-order valence-electron chi connectivity index (χ0n) is 28.6. The first-order valence-corrected chi connectivity index (χ1v) is 16.3. The highest BCUT2D eigenvalue weighted by Gasteiger charge is 2.57. The Bertz CT molecular complexity index is 1290. The SMILES string of the molecule is COC1C(C(=O)O)OC(OC2C(O)C(O)OC(OC3C(C(=O)O)OC(OC4C(O)C(CO)O[C@H](C)C4NC(C)=O)C(O)C3O)C2NC(C)=O)C(O)C1O. The van der Waals surface area contributed by atoms with E-state index in [1.807, 2.05) is 0 Å². The highest BCUT2D eigenvalue weighted by atomic mass is 16.8. The van der Waals surface area contributed by atoms with Crippen molar-refractivity contribution in [2.75, 3.05) is 13.7 Å². The summed E-state index contributed by atoms with van der Waals surface area (Å²) in [5.41, 5.74) is 0. The molecule has 4 aliphatic heterocycles. The van der Waals surface area contributed by atoms with Gasteiger partial charge in [-0.25, -0.2) is 9.59 Å². The molecule has 20 atom stereocenters. The fourth-order valence-corrected chi connectivity index (χ4v) is 6.56. The van der Waals surface area contributed by atoms with Gasteiger partial charge in [0, 0.05) is 21.0 Å². The average Bonchev–Trinajstić information content (AvgIpc) is 3.08. The molecule has 0 aromatic carbocycles. The van der Waals surface area contributed by atoms with Gasteiger partial charge in [0.05, 0.1) is 18.8 Å². The van der Waals surface area contributed by atoms with Crippen molar-refractivity contribution in [3.05, 3.63) is 0 Å². The van der Waals surface area contributed by atoms with E-state index in [1.54, 1.807) is 0 Å². The minimum atomic E-state index is -2.27. The number of carbonyl (C=O) groups excluding carboxylic acids is 2. The topological polar surface area (TPSA) is 368 Å². The van der Waals surface area contributed by atoms with Crippen LogP contribution in [-0.4, -0.2) is 211 Å². The summed E-state index contributed by atoms with van der Waals surface area (Å²) in [7, 11) is 1.04. The van der Waals surface area contributed by atoms with Crippen LogP contribution in [0.1, 0.15) is 20.8 Å². The highest BCUT2D eigenvalue weighted by molar-refractivity contribution is 5.74. The maximum atomic E-state index is 12.5. The van der Waals surface area contributed by atoms with Crippen molar-refractivity contribution in [3.63, 3.8) is 0 Å². The minimum absolute atomic E-state index is 0.590. The van der Waals surface area contributed by atoms with Crippen LogP contribution in [0.2, 0.25) is 0 Å². The summed E-state index contributed by atoms with van der Waals surface area (Å²) in [6, 6.07) is -2.92. The summed E-state index contributed by atoms with van der Waals surface area (Å²) in [5, 5.41) is 110. The van der Waals surface area contributed by atoms with Crippen LogP contribution in [0, 0.1) is 0 Å². The number of rotatable bonds is 12. The number of aliphatic hydroxyl groups excluding tert-OH is 8. The molecule has 24 nitrogen and oxygen atoms in total. The molecule has 0 radical (unpaired) electrons. The van der Waals surface area contributed by atoms with E-state index < -0.39 is 153 Å². The lowest BCUT2D eigenvalue weighted by molar-refractivity contribution is -0.382. The summed E-state index contributed by atoms with van der Waals surface area (Å²) < 4.78 is 43.5. The number of carboxylic acids is 2. The van der Waals surface area contributed by atoms with E-state index in [2.05, 4.69) is 10.6 Å². The Morgan fingerprint density at radius 1 is 0.585 bits per heavy atom. The van der Waals surface area contributed by atoms with Crippen molar-refractivity contribution in [1.29, 1.82) is 0 Å². The van der Waals surface area contributed by atoms with Gasteiger partial charge < -0.3 is 99.6 Å². The fourth-order valence-electron chi connectivity index (χ4n) is 6.56. The van der Waals surface area contributed by atoms with Crippen LogP contribution in [0.4, 0.5) is 0 Å². The molecule has 53 heavy (non-hydrogen) atoms. The molecule has 304 valence electrons. The third kappa shape index (κ3) is 9.21. The molecule has 4 rings (SSSR count). The molecule has 24 heteroatoms. The third-order valence-electron chi connectivity index (χ3n) is 9.16. The predicted octanol–water partition coefficient (Wildman–Crippen LogP) is -7.59. The summed E-state index contributed by atoms with van der Waals surface area (Å²) in [4.78, 5) is 48.5. The number of aliphatic hydroxyl groups is 8. The number of methoxy groups -OCH3 is 1. The van der Waals surface area contributed by atoms with E-state index in [-0.39, 0.29) is 0 Å². The molecular formula is C29H46N2O22. The van der Waals surface area contributed by atoms with Crippen molar-refractivity contribution in [3.8, 4) is 0 Å². The average molecular weight is 775 g/mol. The summed E-state index contributed by atoms with van der Waals surface area (Å²) in [5.74, 6) is -4.91. The number of ether oxygens (including phenoxy) is 8. The van der Waals surface area contributed by atoms with Crippen LogP contribution in [0.3, 0.4) is 0 Å². The Morgan fingerprint density at radius 3 is 1.51 bits per heavy atom. The second-order valence-electron chi connectivity index (χ2n) is 12.9. The van der Waals surface area contributed by atoms with Gasteiger partial charge in [0.25, 0.3) is 0 Å². The van der Waals surface area contributed by atoms with E-state index >= 15 is 0 Å². The van der Waals surface area contributed by atoms with Crippen molar-refractivity contribution in [2.24, 2.45) is 0 Å². The summed E-state index contributed by atoms with van der Waals surface area (Å²) in [6.07, 6.45) is -34.1. The van der Waals surface area contributed by atoms with E-state index in [1.165, 1.54) is 6.92 Å². The predicted molar refractivity (Wildman–Crippen MR) is 162 cm³/mol. The van der Waals surface area contributed by atoms with Gasteiger partial charge in [-0.05, 0) is 6.92 Å². The molecule has 0 aliphatic carbocycles. The lowest BCUT2D eigenvalue weighted by atomic mass is 9.92. The lowest BCUT2D eigenvalue weighted by Crippen LogP contribution is -2.70. The maximum absolute atomic E-state index is 12.5. The summed E-state index contributed by atoms with van der Waals surface area (Å²) >= 11 is 0. The van der Waals surface area contributed by atoms with E-state index in [9.17, 15) is 70.2 Å². The summed E-state index contributed by atoms with van der Waals surface area (Å²) in [6.45, 7) is 2.91. The Morgan fingerprint density at radius 2 is 1.04 bits per heavy atom. The Hall–Kier alpha value is -2.76. The number of hydrogen-bond acceptors (Lipinski definition) is 20. The second kappa shape index (κ2) is 17.8. The Labute approximate surface area is 300 Å². The molecule has 4 saturated heterocycles. The Balaban J connectivity index is 1.60. The van der Waals surface area contributed by atoms with Crippen molar-refractivity contribution < 1.29 is 108 Å². The van der Waals surface area contributed by atoms with Gasteiger partial charge in [0.1, 0.15) is 73.2 Å². The van der Waals surface area contributed by atoms with Crippen molar-refractivity contribution >= 4 is 23.8 Å². The first kappa shape index (κ1) is 43.0. The molecule has 2 amide bonds. The minimum Gasteiger partial charge on any atom is -0.479 e. The van der Waals surface area contributed by atoms with E-state index in [0.717, 1.165) is 21.0 Å². The van der Waals surface area contributed by atoms with Crippen molar-refractivity contribution in [1.82, 2.24) is 10.6 Å². The number of amides is 2. The zero-order valence-corrected chi connectivity index (χ0v) is 28.6. The highest BCUT2D eigenvalue weighted by Crippen LogP contribution is 2.34. The van der Waals surface area contributed by atoms with Crippen LogP contribution < -0.4 is 10.6 Å². The first-order valence-electron chi connectivity index (χ1n) is 16.3. The van der Waals surface area contributed by atoms with Gasteiger partial charge in [-0.1, -0.05) is 0 Å². The van der Waals surface area contributed by atoms with Crippen LogP contribution in [0.15, 0.2) is 0 Å². The lowest BCUT2D eigenvalue weighted by Gasteiger charge is -2.49. The molecule has 19 unspecified atom stereocenters. The Kier molecular flexibility index (Phi) is 14.4. The zero-order chi connectivity index (χ0) is 39.6. The van der Waals surface area contributed by atoms with Crippen LogP contribution in [-0.2, 0) is 57.1 Å². The molecule has 12 N–H and O–H groups in total. The smallest absolute Gasteiger partial charge is 0.335 e. The first-order chi connectivity index (χ1) is 24.8. The molecule has 0 spiro atoms. The molecule has 0 aromatic rings. The largest absolute Gasteiger partial charge is 0.479 e. The van der Waals surface area contributed by atoms with Gasteiger partial charge >= 0.3 is 11.9 Å². The quantitative estimate of drug-likeness (QED) is 0.0876. The van der Waals surface area contributed by atoms with E-state index in [0.29, 0.717) is 0 Å². The molecular weight excluding hydrogens is 728 g/mol. The monoisotopic (exact) mass is 774 g/mol. The van der Waals surface area contributed by atoms with Gasteiger partial charge in [-0.2, -0.15) is 0 Å². The molecule has 0 bridgehead atoms. The van der Waals surface area contributed by atoms with E-state index in [4.69, 9.17) is 37.9 Å². The standard InChI is InChI=1S/C29H46N2O22/c1-6-10(30-7(2)33)18(12(35)9(5-32)47-6)48-29-16(39)14(37)21(23(52-29)25(43)44)50-27-11(31-8(3)34)19(17(40)26(45)53-27)49-28-15(38)13(36)20(46-4)22(51-28)24(41)42/h6,9-23,26-29,32,35-40,45H,5H2,1-4H3,(H,30,33)(H,31,34)(H,41,42)(H,43,44)/t6-,9?,10?,11?,12?,13?,14?,15?,16?,17?,18?,19?,20?,21?,22?,23?,26?,27?,28?,29?/m1/s1. The van der Waals surface area contributed by atoms with Crippen molar-refractivity contribution in [2.45, 2.75) is 143 Å². The number of nitrogens with one attached hydrogen (secondary N) is 2. The molecule has 4 fully saturated rings. The molecule has 4 aliphatic rings. The number of carbonyl (C=O) groups is 4. The van der Waals surface area contributed by atoms with Gasteiger partial charge in [-0.3, -0.25) is 9.59 Å². The van der Waals surface area contributed by atoms with Gasteiger partial charge in [0.15, 0.2) is 37.4 Å². The number of aliphatic carboxylic acids is 2. The van der Waals surface area contributed by atoms with Crippen LogP contribution in [0.5, 0.6) is 0 Å². The normalized spacial score (nSPS) is 46.3. The number of hydrogen-bond donors (Lipinski definition) is 12. The second-order valence-corrected chi connectivity index (χ2v) is 12.9. The van der Waals surface area contributed by atoms with Gasteiger partial charge in [-0.15, -0.1) is 0 Å². The number of carboxylic acid groups (broad SMARTS) is 2.